The molecule has 3 aromatic rings. The maximum absolute atomic E-state index is 11.8. The van der Waals surface area contributed by atoms with Gasteiger partial charge >= 0.3 is 0 Å². The summed E-state index contributed by atoms with van der Waals surface area (Å²) in [7, 11) is 1.75. The minimum Gasteiger partial charge on any atom is -0.457 e. The monoisotopic (exact) mass is 320 g/mol. The highest BCUT2D eigenvalue weighted by atomic mass is 16.5. The minimum absolute atomic E-state index is 0.316. The van der Waals surface area contributed by atoms with Gasteiger partial charge in [0, 0.05) is 13.2 Å². The first kappa shape index (κ1) is 15.5. The van der Waals surface area contributed by atoms with E-state index in [0.717, 1.165) is 11.3 Å². The van der Waals surface area contributed by atoms with Gasteiger partial charge in [-0.05, 0) is 35.9 Å². The van der Waals surface area contributed by atoms with E-state index in [2.05, 4.69) is 15.6 Å². The first-order valence-corrected chi connectivity index (χ1v) is 7.37. The van der Waals surface area contributed by atoms with Gasteiger partial charge in [-0.15, -0.1) is 0 Å². The molecule has 1 amide bonds. The van der Waals surface area contributed by atoms with Gasteiger partial charge in [0.1, 0.15) is 11.5 Å². The van der Waals surface area contributed by atoms with Gasteiger partial charge in [-0.2, -0.15) is 10.2 Å². The van der Waals surface area contributed by atoms with E-state index in [-0.39, 0.29) is 5.91 Å². The SMILES string of the molecule is Cn1ccc(C(=O)N/N=C\c2cccc(Oc3ccccc3)c2)n1. The molecule has 6 nitrogen and oxygen atoms in total. The van der Waals surface area contributed by atoms with Gasteiger partial charge in [0.25, 0.3) is 5.91 Å². The second kappa shape index (κ2) is 7.23. The van der Waals surface area contributed by atoms with Gasteiger partial charge in [0.15, 0.2) is 5.69 Å². The number of ether oxygens (including phenoxy) is 1. The highest BCUT2D eigenvalue weighted by molar-refractivity contribution is 5.93. The molecule has 0 atom stereocenters. The van der Waals surface area contributed by atoms with Crippen molar-refractivity contribution in [2.24, 2.45) is 12.1 Å². The van der Waals surface area contributed by atoms with Crippen LogP contribution < -0.4 is 10.2 Å². The largest absolute Gasteiger partial charge is 0.457 e. The summed E-state index contributed by atoms with van der Waals surface area (Å²) in [4.78, 5) is 11.8. The van der Waals surface area contributed by atoms with Gasteiger partial charge in [0.05, 0.1) is 6.21 Å². The molecule has 3 rings (SSSR count). The van der Waals surface area contributed by atoms with E-state index in [1.54, 1.807) is 30.2 Å². The quantitative estimate of drug-likeness (QED) is 0.580. The number of hydrogen-bond donors (Lipinski definition) is 1. The molecule has 120 valence electrons. The van der Waals surface area contributed by atoms with Gasteiger partial charge in [-0.3, -0.25) is 9.48 Å². The van der Waals surface area contributed by atoms with Crippen LogP contribution in [0, 0.1) is 0 Å². The molecular weight excluding hydrogens is 304 g/mol. The average molecular weight is 320 g/mol. The summed E-state index contributed by atoms with van der Waals surface area (Å²) in [5, 5.41) is 7.95. The van der Waals surface area contributed by atoms with Crippen LogP contribution in [-0.2, 0) is 7.05 Å². The fourth-order valence-corrected chi connectivity index (χ4v) is 2.04. The lowest BCUT2D eigenvalue weighted by Gasteiger charge is -2.05. The zero-order valence-electron chi connectivity index (χ0n) is 13.1. The molecule has 0 spiro atoms. The summed E-state index contributed by atoms with van der Waals surface area (Å²) >= 11 is 0. The van der Waals surface area contributed by atoms with Crippen molar-refractivity contribution in [3.8, 4) is 11.5 Å². The van der Waals surface area contributed by atoms with E-state index in [0.29, 0.717) is 11.4 Å². The van der Waals surface area contributed by atoms with Crippen LogP contribution in [0.1, 0.15) is 16.1 Å². The summed E-state index contributed by atoms with van der Waals surface area (Å²) < 4.78 is 7.32. The molecule has 6 heteroatoms. The number of nitrogens with zero attached hydrogens (tertiary/aromatic N) is 3. The summed E-state index contributed by atoms with van der Waals surface area (Å²) in [5.41, 5.74) is 3.57. The number of para-hydroxylation sites is 1. The fraction of sp³-hybridized carbons (Fsp3) is 0.0556. The number of nitrogens with one attached hydrogen (secondary N) is 1. The Morgan fingerprint density at radius 2 is 1.92 bits per heavy atom. The number of rotatable bonds is 5. The number of hydrazone groups is 1. The van der Waals surface area contributed by atoms with Crippen LogP contribution in [0.3, 0.4) is 0 Å². The molecule has 0 saturated heterocycles. The average Bonchev–Trinajstić information content (AvgIpc) is 3.03. The van der Waals surface area contributed by atoms with Crippen molar-refractivity contribution in [2.75, 3.05) is 0 Å². The molecule has 0 aliphatic carbocycles. The lowest BCUT2D eigenvalue weighted by molar-refractivity contribution is 0.0949. The zero-order valence-corrected chi connectivity index (χ0v) is 13.1. The lowest BCUT2D eigenvalue weighted by Crippen LogP contribution is -2.18. The Morgan fingerprint density at radius 1 is 1.12 bits per heavy atom. The smallest absolute Gasteiger partial charge is 0.291 e. The molecule has 24 heavy (non-hydrogen) atoms. The van der Waals surface area contributed by atoms with E-state index in [1.807, 2.05) is 54.6 Å². The van der Waals surface area contributed by atoms with E-state index in [1.165, 1.54) is 0 Å². The third kappa shape index (κ3) is 4.07. The van der Waals surface area contributed by atoms with Crippen molar-refractivity contribution >= 4 is 12.1 Å². The number of carbonyl (C=O) groups excluding carboxylic acids is 1. The molecule has 0 bridgehead atoms. The number of aryl methyl sites for hydroxylation is 1. The van der Waals surface area contributed by atoms with E-state index in [9.17, 15) is 4.79 Å². The molecule has 0 saturated carbocycles. The summed E-state index contributed by atoms with van der Waals surface area (Å²) in [5.74, 6) is 1.10. The summed E-state index contributed by atoms with van der Waals surface area (Å²) in [6, 6.07) is 18.6. The number of amides is 1. The van der Waals surface area contributed by atoms with Crippen molar-refractivity contribution in [2.45, 2.75) is 0 Å². The predicted molar refractivity (Wildman–Crippen MR) is 91.2 cm³/mol. The molecular formula is C18H16N4O2. The predicted octanol–water partition coefficient (Wildman–Crippen LogP) is 2.98. The number of aromatic nitrogens is 2. The topological polar surface area (TPSA) is 68.5 Å². The molecule has 0 aliphatic rings. The Morgan fingerprint density at radius 3 is 2.67 bits per heavy atom. The van der Waals surface area contributed by atoms with Gasteiger partial charge in [-0.25, -0.2) is 5.43 Å². The first-order chi connectivity index (χ1) is 11.7. The van der Waals surface area contributed by atoms with Crippen LogP contribution in [0.2, 0.25) is 0 Å². The Labute approximate surface area is 139 Å². The van der Waals surface area contributed by atoms with Crippen LogP contribution >= 0.6 is 0 Å². The third-order valence-electron chi connectivity index (χ3n) is 3.16. The Bertz CT molecular complexity index is 856. The van der Waals surface area contributed by atoms with Crippen LogP contribution in [0.25, 0.3) is 0 Å². The lowest BCUT2D eigenvalue weighted by atomic mass is 10.2. The van der Waals surface area contributed by atoms with Crippen molar-refractivity contribution in [1.82, 2.24) is 15.2 Å². The van der Waals surface area contributed by atoms with E-state index in [4.69, 9.17) is 4.74 Å². The normalized spacial score (nSPS) is 10.7. The highest BCUT2D eigenvalue weighted by Crippen LogP contribution is 2.21. The number of hydrogen-bond acceptors (Lipinski definition) is 4. The molecule has 1 heterocycles. The van der Waals surface area contributed by atoms with Crippen molar-refractivity contribution in [3.63, 3.8) is 0 Å². The van der Waals surface area contributed by atoms with Crippen LogP contribution in [0.5, 0.6) is 11.5 Å². The molecule has 0 radical (unpaired) electrons. The van der Waals surface area contributed by atoms with E-state index >= 15 is 0 Å². The number of carbonyl (C=O) groups is 1. The molecule has 1 aromatic heterocycles. The van der Waals surface area contributed by atoms with Gasteiger partial charge in [-0.1, -0.05) is 30.3 Å². The van der Waals surface area contributed by atoms with E-state index < -0.39 is 0 Å². The molecule has 0 aliphatic heterocycles. The zero-order chi connectivity index (χ0) is 16.8. The Hall–Kier alpha value is -3.41. The molecule has 2 aromatic carbocycles. The molecule has 0 fully saturated rings. The maximum atomic E-state index is 11.8. The van der Waals surface area contributed by atoms with Crippen LogP contribution in [0.15, 0.2) is 72.0 Å². The maximum Gasteiger partial charge on any atom is 0.291 e. The molecule has 0 unspecified atom stereocenters. The van der Waals surface area contributed by atoms with Crippen molar-refractivity contribution in [3.05, 3.63) is 78.1 Å². The second-order valence-electron chi connectivity index (χ2n) is 5.06. The van der Waals surface area contributed by atoms with Crippen LogP contribution in [0.4, 0.5) is 0 Å². The Balaban J connectivity index is 1.63. The summed E-state index contributed by atoms with van der Waals surface area (Å²) in [6.45, 7) is 0. The van der Waals surface area contributed by atoms with Crippen molar-refractivity contribution < 1.29 is 9.53 Å². The molecule has 1 N–H and O–H groups in total. The van der Waals surface area contributed by atoms with Crippen molar-refractivity contribution in [1.29, 1.82) is 0 Å². The fourth-order valence-electron chi connectivity index (χ4n) is 2.04. The minimum atomic E-state index is -0.358. The third-order valence-corrected chi connectivity index (χ3v) is 3.16. The second-order valence-corrected chi connectivity index (χ2v) is 5.06. The number of benzene rings is 2. The first-order valence-electron chi connectivity index (χ1n) is 7.37. The summed E-state index contributed by atoms with van der Waals surface area (Å²) in [6.07, 6.45) is 3.25. The standard InChI is InChI=1S/C18H16N4O2/c1-22-11-10-17(21-22)18(23)20-19-13-14-6-5-9-16(12-14)24-15-7-3-2-4-8-15/h2-13H,1H3,(H,20,23)/b19-13-. The van der Waals surface area contributed by atoms with Crippen LogP contribution in [-0.4, -0.2) is 21.9 Å². The van der Waals surface area contributed by atoms with Gasteiger partial charge in [0.2, 0.25) is 0 Å². The Kier molecular flexibility index (Phi) is 4.67. The highest BCUT2D eigenvalue weighted by Gasteiger charge is 2.06. The van der Waals surface area contributed by atoms with Gasteiger partial charge < -0.3 is 4.74 Å².